The third kappa shape index (κ3) is 68.4. The molecule has 2 unspecified atom stereocenters. The molecule has 0 radical (unpaired) electrons. The van der Waals surface area contributed by atoms with E-state index in [1.165, 1.54) is 205 Å². The molecule has 0 aliphatic carbocycles. The zero-order valence-corrected chi connectivity index (χ0v) is 62.2. The molecular formula is C74H144O17P2. The number of rotatable bonds is 74. The fraction of sp³-hybridized carbons (Fsp3) is 0.946. The van der Waals surface area contributed by atoms with Crippen LogP contribution in [0.5, 0.6) is 0 Å². The summed E-state index contributed by atoms with van der Waals surface area (Å²) in [5.41, 5.74) is 0. The van der Waals surface area contributed by atoms with Crippen LogP contribution < -0.4 is 0 Å². The van der Waals surface area contributed by atoms with E-state index in [9.17, 15) is 43.2 Å². The summed E-state index contributed by atoms with van der Waals surface area (Å²) in [7, 11) is -9.90. The number of phosphoric acid groups is 2. The highest BCUT2D eigenvalue weighted by Gasteiger charge is 2.30. The van der Waals surface area contributed by atoms with E-state index < -0.39 is 97.5 Å². The average molecular weight is 1370 g/mol. The van der Waals surface area contributed by atoms with Gasteiger partial charge in [-0.25, -0.2) is 9.13 Å². The first-order chi connectivity index (χ1) is 45.0. The summed E-state index contributed by atoms with van der Waals surface area (Å²) >= 11 is 0. The van der Waals surface area contributed by atoms with E-state index in [0.717, 1.165) is 102 Å². The summed E-state index contributed by atoms with van der Waals surface area (Å²) in [6, 6.07) is 0. The standard InChI is InChI=1S/C74H144O17P2/c1-6-9-12-15-17-19-21-23-24-25-26-27-28-29-31-37-41-45-50-55-60-74(79)91-70(64-85-72(77)58-53-48-43-39-35-33-32-34-38-42-47-51-56-67(4)5)66-89-93(82,83)87-62-68(75)61-86-92(80,81)88-65-69(63-84-71(76)57-52-46-14-11-8-3)90-73(78)59-54-49-44-40-36-30-22-20-18-16-13-10-7-2/h67-70,75H,6-66H2,1-5H3,(H,80,81)(H,82,83)/t68-,69+,70+/m0/s1. The largest absolute Gasteiger partial charge is 0.472 e. The fourth-order valence-corrected chi connectivity index (χ4v) is 12.9. The Balaban J connectivity index is 5.13. The minimum Gasteiger partial charge on any atom is -0.462 e. The first-order valence-electron chi connectivity index (χ1n) is 38.6. The van der Waals surface area contributed by atoms with Gasteiger partial charge in [0.1, 0.15) is 19.3 Å². The number of aliphatic hydroxyl groups is 1. The summed E-state index contributed by atoms with van der Waals surface area (Å²) in [4.78, 5) is 72.4. The van der Waals surface area contributed by atoms with E-state index in [1.54, 1.807) is 0 Å². The first-order valence-corrected chi connectivity index (χ1v) is 41.6. The van der Waals surface area contributed by atoms with Crippen molar-refractivity contribution in [3.05, 3.63) is 0 Å². The Morgan fingerprint density at radius 1 is 0.290 bits per heavy atom. The van der Waals surface area contributed by atoms with E-state index in [2.05, 4.69) is 34.6 Å². The zero-order chi connectivity index (χ0) is 68.4. The predicted molar refractivity (Wildman–Crippen MR) is 377 cm³/mol. The van der Waals surface area contributed by atoms with Crippen molar-refractivity contribution in [3.63, 3.8) is 0 Å². The van der Waals surface area contributed by atoms with Gasteiger partial charge >= 0.3 is 39.5 Å². The van der Waals surface area contributed by atoms with Crippen molar-refractivity contribution in [3.8, 4) is 0 Å². The van der Waals surface area contributed by atoms with Gasteiger partial charge in [0.15, 0.2) is 12.2 Å². The highest BCUT2D eigenvalue weighted by Crippen LogP contribution is 2.45. The number of ether oxygens (including phenoxy) is 4. The number of hydrogen-bond acceptors (Lipinski definition) is 15. The molecule has 19 heteroatoms. The second-order valence-electron chi connectivity index (χ2n) is 27.2. The van der Waals surface area contributed by atoms with Crippen molar-refractivity contribution in [2.24, 2.45) is 5.92 Å². The van der Waals surface area contributed by atoms with E-state index in [0.29, 0.717) is 25.7 Å². The van der Waals surface area contributed by atoms with Gasteiger partial charge in [-0.1, -0.05) is 336 Å². The monoisotopic (exact) mass is 1370 g/mol. The lowest BCUT2D eigenvalue weighted by Crippen LogP contribution is -2.30. The molecule has 0 saturated heterocycles. The molecule has 0 heterocycles. The van der Waals surface area contributed by atoms with Crippen molar-refractivity contribution in [1.29, 1.82) is 0 Å². The molecular weight excluding hydrogens is 1220 g/mol. The molecule has 0 aromatic heterocycles. The molecule has 0 amide bonds. The molecule has 3 N–H and O–H groups in total. The Morgan fingerprint density at radius 2 is 0.495 bits per heavy atom. The van der Waals surface area contributed by atoms with Crippen molar-refractivity contribution >= 4 is 39.5 Å². The van der Waals surface area contributed by atoms with E-state index in [4.69, 9.17) is 37.0 Å². The Hall–Kier alpha value is -1.94. The quantitative estimate of drug-likeness (QED) is 0.0222. The van der Waals surface area contributed by atoms with Crippen LogP contribution in [0.2, 0.25) is 0 Å². The Labute approximate surface area is 568 Å². The summed E-state index contributed by atoms with van der Waals surface area (Å²) in [5, 5.41) is 10.6. The molecule has 0 aliphatic heterocycles. The molecule has 0 aromatic carbocycles. The molecule has 17 nitrogen and oxygen atoms in total. The molecule has 0 aromatic rings. The smallest absolute Gasteiger partial charge is 0.462 e. The fourth-order valence-electron chi connectivity index (χ4n) is 11.4. The Kier molecular flexibility index (Phi) is 65.9. The van der Waals surface area contributed by atoms with Crippen LogP contribution in [0.1, 0.15) is 388 Å². The minimum atomic E-state index is -4.95. The summed E-state index contributed by atoms with van der Waals surface area (Å²) < 4.78 is 68.2. The van der Waals surface area contributed by atoms with Crippen LogP contribution in [0.3, 0.4) is 0 Å². The molecule has 93 heavy (non-hydrogen) atoms. The number of phosphoric ester groups is 2. The molecule has 0 spiro atoms. The van der Waals surface area contributed by atoms with Gasteiger partial charge in [-0.3, -0.25) is 37.3 Å². The van der Waals surface area contributed by atoms with E-state index >= 15 is 0 Å². The Bertz CT molecular complexity index is 1790. The molecule has 0 bridgehead atoms. The van der Waals surface area contributed by atoms with Gasteiger partial charge in [-0.2, -0.15) is 0 Å². The number of esters is 4. The van der Waals surface area contributed by atoms with Gasteiger partial charge in [0.25, 0.3) is 0 Å². The SMILES string of the molecule is CCCCCCCCCCCCCCCCCCCCCCC(=O)O[C@H](COC(=O)CCCCCCCCCCCCCCC(C)C)COP(=O)(O)OC[C@@H](O)COP(=O)(O)OC[C@@H](COC(=O)CCCCCCC)OC(=O)CCCCCCCCCCCCCCC. The van der Waals surface area contributed by atoms with Gasteiger partial charge in [0.05, 0.1) is 26.4 Å². The lowest BCUT2D eigenvalue weighted by atomic mass is 10.0. The van der Waals surface area contributed by atoms with Crippen LogP contribution >= 0.6 is 15.6 Å². The molecule has 0 rings (SSSR count). The van der Waals surface area contributed by atoms with Crippen molar-refractivity contribution in [1.82, 2.24) is 0 Å². The first kappa shape index (κ1) is 91.1. The molecule has 5 atom stereocenters. The third-order valence-corrected chi connectivity index (χ3v) is 19.2. The maximum Gasteiger partial charge on any atom is 0.472 e. The second kappa shape index (κ2) is 67.3. The van der Waals surface area contributed by atoms with Gasteiger partial charge in [0, 0.05) is 25.7 Å². The summed E-state index contributed by atoms with van der Waals surface area (Å²) in [6.45, 7) is 7.20. The van der Waals surface area contributed by atoms with Gasteiger partial charge in [0.2, 0.25) is 0 Å². The summed E-state index contributed by atoms with van der Waals surface area (Å²) in [5.74, 6) is -1.35. The van der Waals surface area contributed by atoms with Crippen molar-refractivity contribution in [2.45, 2.75) is 406 Å². The van der Waals surface area contributed by atoms with Gasteiger partial charge in [-0.05, 0) is 31.6 Å². The number of carbonyl (C=O) groups is 4. The molecule has 0 saturated carbocycles. The van der Waals surface area contributed by atoms with E-state index in [-0.39, 0.29) is 25.7 Å². The van der Waals surface area contributed by atoms with Gasteiger partial charge < -0.3 is 33.8 Å². The van der Waals surface area contributed by atoms with E-state index in [1.807, 2.05) is 0 Å². The number of carbonyl (C=O) groups excluding carboxylic acids is 4. The van der Waals surface area contributed by atoms with Crippen molar-refractivity contribution in [2.75, 3.05) is 39.6 Å². The molecule has 552 valence electrons. The number of unbranched alkanes of at least 4 members (excludes halogenated alkanes) is 46. The lowest BCUT2D eigenvalue weighted by Gasteiger charge is -2.21. The number of hydrogen-bond donors (Lipinski definition) is 3. The second-order valence-corrected chi connectivity index (χ2v) is 30.1. The van der Waals surface area contributed by atoms with Gasteiger partial charge in [-0.15, -0.1) is 0 Å². The number of aliphatic hydroxyl groups excluding tert-OH is 1. The maximum absolute atomic E-state index is 13.1. The topological polar surface area (TPSA) is 237 Å². The van der Waals surface area contributed by atoms with Crippen LogP contribution in [0.25, 0.3) is 0 Å². The molecule has 0 fully saturated rings. The zero-order valence-electron chi connectivity index (χ0n) is 60.4. The maximum atomic E-state index is 13.1. The van der Waals surface area contributed by atoms with Crippen LogP contribution in [0, 0.1) is 5.92 Å². The predicted octanol–water partition coefficient (Wildman–Crippen LogP) is 21.7. The molecule has 0 aliphatic rings. The highest BCUT2D eigenvalue weighted by molar-refractivity contribution is 7.47. The van der Waals surface area contributed by atoms with Crippen LogP contribution in [-0.4, -0.2) is 96.7 Å². The third-order valence-electron chi connectivity index (χ3n) is 17.3. The average Bonchev–Trinajstić information content (AvgIpc) is 1.79. The summed E-state index contributed by atoms with van der Waals surface area (Å²) in [6.07, 6.45) is 55.9. The van der Waals surface area contributed by atoms with Crippen LogP contribution in [0.15, 0.2) is 0 Å². The Morgan fingerprint density at radius 3 is 0.731 bits per heavy atom. The normalized spacial score (nSPS) is 14.0. The van der Waals surface area contributed by atoms with Crippen molar-refractivity contribution < 1.29 is 80.2 Å². The minimum absolute atomic E-state index is 0.107. The van der Waals surface area contributed by atoms with Crippen LogP contribution in [0.4, 0.5) is 0 Å². The van der Waals surface area contributed by atoms with Crippen LogP contribution in [-0.2, 0) is 65.4 Å². The lowest BCUT2D eigenvalue weighted by molar-refractivity contribution is -0.161. The highest BCUT2D eigenvalue weighted by atomic mass is 31.2.